The summed E-state index contributed by atoms with van der Waals surface area (Å²) in [6.45, 7) is 3.44. The molecular weight excluding hydrogens is 98.1 g/mol. The maximum absolute atomic E-state index is 2.21. The first-order chi connectivity index (χ1) is 3.27. The van der Waals surface area contributed by atoms with Crippen molar-refractivity contribution >= 4 is 0 Å². The molecule has 0 heterocycles. The summed E-state index contributed by atoms with van der Waals surface area (Å²) in [5.41, 5.74) is 0. The lowest BCUT2D eigenvalue weighted by Crippen LogP contribution is -2.12. The molecule has 0 saturated carbocycles. The highest BCUT2D eigenvalue weighted by Crippen LogP contribution is 1.86. The molecule has 0 bridgehead atoms. The van der Waals surface area contributed by atoms with Gasteiger partial charge in [0.1, 0.15) is 0 Å². The molecule has 1 nitrogen and oxygen atoms in total. The molecular formula is C7H19N. The molecule has 0 N–H and O–H groups in total. The van der Waals surface area contributed by atoms with Gasteiger partial charge in [0.2, 0.25) is 0 Å². The van der Waals surface area contributed by atoms with Gasteiger partial charge in [0, 0.05) is 0 Å². The largest absolute Gasteiger partial charge is 0.309 e. The van der Waals surface area contributed by atoms with Crippen molar-refractivity contribution in [3.63, 3.8) is 0 Å². The molecule has 0 saturated heterocycles. The second-order valence-corrected chi connectivity index (χ2v) is 2.16. The van der Waals surface area contributed by atoms with Crippen LogP contribution in [-0.2, 0) is 0 Å². The van der Waals surface area contributed by atoms with Crippen molar-refractivity contribution in [2.24, 2.45) is 0 Å². The molecule has 0 aromatic carbocycles. The molecule has 0 aromatic rings. The first kappa shape index (κ1) is 10.9. The van der Waals surface area contributed by atoms with E-state index >= 15 is 0 Å². The fraction of sp³-hybridized carbons (Fsp3) is 1.00. The molecule has 0 aliphatic heterocycles. The van der Waals surface area contributed by atoms with E-state index in [4.69, 9.17) is 0 Å². The minimum absolute atomic E-state index is 0. The van der Waals surface area contributed by atoms with E-state index in [1.807, 2.05) is 0 Å². The minimum Gasteiger partial charge on any atom is -0.309 e. The average Bonchev–Trinajstić information content (AvgIpc) is 1.61. The lowest BCUT2D eigenvalue weighted by Gasteiger charge is -2.05. The van der Waals surface area contributed by atoms with Crippen LogP contribution in [0.15, 0.2) is 0 Å². The highest BCUT2D eigenvalue weighted by molar-refractivity contribution is 4.39. The summed E-state index contributed by atoms with van der Waals surface area (Å²) in [5, 5.41) is 0. The van der Waals surface area contributed by atoms with E-state index in [1.165, 1.54) is 19.4 Å². The summed E-state index contributed by atoms with van der Waals surface area (Å²) in [4.78, 5) is 2.21. The predicted octanol–water partition coefficient (Wildman–Crippen LogP) is 1.98. The van der Waals surface area contributed by atoms with Crippen LogP contribution >= 0.6 is 0 Å². The lowest BCUT2D eigenvalue weighted by atomic mass is 10.3. The normalized spacial score (nSPS) is 9.00. The van der Waals surface area contributed by atoms with E-state index in [1.54, 1.807) is 0 Å². The van der Waals surface area contributed by atoms with Gasteiger partial charge < -0.3 is 4.90 Å². The summed E-state index contributed by atoms with van der Waals surface area (Å²) in [6, 6.07) is 0. The van der Waals surface area contributed by atoms with Crippen molar-refractivity contribution in [3.8, 4) is 0 Å². The van der Waals surface area contributed by atoms with Gasteiger partial charge in [-0.2, -0.15) is 0 Å². The molecule has 0 spiro atoms. The average molecular weight is 117 g/mol. The van der Waals surface area contributed by atoms with Crippen molar-refractivity contribution in [2.45, 2.75) is 27.2 Å². The molecule has 0 amide bonds. The number of hydrogen-bond acceptors (Lipinski definition) is 1. The summed E-state index contributed by atoms with van der Waals surface area (Å²) < 4.78 is 0. The van der Waals surface area contributed by atoms with Crippen LogP contribution in [0.4, 0.5) is 0 Å². The number of nitrogens with zero attached hydrogens (tertiary/aromatic N) is 1. The molecule has 52 valence electrons. The van der Waals surface area contributed by atoms with Gasteiger partial charge in [0.05, 0.1) is 0 Å². The molecule has 0 aromatic heterocycles. The molecule has 0 aliphatic rings. The molecule has 0 atom stereocenters. The van der Waals surface area contributed by atoms with Crippen LogP contribution in [-0.4, -0.2) is 25.5 Å². The van der Waals surface area contributed by atoms with E-state index in [-0.39, 0.29) is 7.43 Å². The van der Waals surface area contributed by atoms with Gasteiger partial charge >= 0.3 is 0 Å². The fourth-order valence-corrected chi connectivity index (χ4v) is 0.474. The minimum atomic E-state index is 0. The Hall–Kier alpha value is -0.0400. The maximum Gasteiger partial charge on any atom is -0.00249 e. The zero-order valence-electron chi connectivity index (χ0n) is 5.57. The summed E-state index contributed by atoms with van der Waals surface area (Å²) in [7, 11) is 4.21. The van der Waals surface area contributed by atoms with Gasteiger partial charge in [-0.1, -0.05) is 20.8 Å². The van der Waals surface area contributed by atoms with Crippen molar-refractivity contribution in [2.75, 3.05) is 20.6 Å². The molecule has 1 heteroatoms. The van der Waals surface area contributed by atoms with E-state index < -0.39 is 0 Å². The van der Waals surface area contributed by atoms with Crippen LogP contribution in [0.2, 0.25) is 0 Å². The Kier molecular flexibility index (Phi) is 9.44. The Morgan fingerprint density at radius 3 is 1.88 bits per heavy atom. The third-order valence-electron chi connectivity index (χ3n) is 0.959. The Morgan fingerprint density at radius 1 is 1.25 bits per heavy atom. The first-order valence-corrected chi connectivity index (χ1v) is 2.92. The van der Waals surface area contributed by atoms with E-state index in [2.05, 4.69) is 25.9 Å². The van der Waals surface area contributed by atoms with Gasteiger partial charge in [-0.15, -0.1) is 0 Å². The second kappa shape index (κ2) is 6.96. The smallest absolute Gasteiger partial charge is 0.00249 e. The third-order valence-corrected chi connectivity index (χ3v) is 0.959. The van der Waals surface area contributed by atoms with Crippen molar-refractivity contribution < 1.29 is 0 Å². The Morgan fingerprint density at radius 2 is 1.75 bits per heavy atom. The quantitative estimate of drug-likeness (QED) is 0.546. The SMILES string of the molecule is C.CCCCN(C)C. The van der Waals surface area contributed by atoms with Crippen LogP contribution in [0, 0.1) is 0 Å². The topological polar surface area (TPSA) is 3.24 Å². The van der Waals surface area contributed by atoms with Gasteiger partial charge in [-0.3, -0.25) is 0 Å². The van der Waals surface area contributed by atoms with E-state index in [0.29, 0.717) is 0 Å². The van der Waals surface area contributed by atoms with Gasteiger partial charge in [-0.25, -0.2) is 0 Å². The molecule has 8 heavy (non-hydrogen) atoms. The highest BCUT2D eigenvalue weighted by atomic mass is 15.0. The Labute approximate surface area is 53.7 Å². The maximum atomic E-state index is 2.21. The molecule has 0 radical (unpaired) electrons. The van der Waals surface area contributed by atoms with Crippen LogP contribution < -0.4 is 0 Å². The van der Waals surface area contributed by atoms with Crippen LogP contribution in [0.3, 0.4) is 0 Å². The van der Waals surface area contributed by atoms with Crippen LogP contribution in [0.25, 0.3) is 0 Å². The zero-order chi connectivity index (χ0) is 5.70. The zero-order valence-corrected chi connectivity index (χ0v) is 5.57. The van der Waals surface area contributed by atoms with Crippen molar-refractivity contribution in [1.82, 2.24) is 4.90 Å². The summed E-state index contributed by atoms with van der Waals surface area (Å²) in [5.74, 6) is 0. The summed E-state index contributed by atoms with van der Waals surface area (Å²) in [6.07, 6.45) is 2.63. The monoisotopic (exact) mass is 117 g/mol. The van der Waals surface area contributed by atoms with Crippen LogP contribution in [0.1, 0.15) is 27.2 Å². The standard InChI is InChI=1S/C6H15N.CH4/c1-4-5-6-7(2)3;/h4-6H2,1-3H3;1H4. The molecule has 0 fully saturated rings. The number of hydrogen-bond donors (Lipinski definition) is 0. The Balaban J connectivity index is 0. The first-order valence-electron chi connectivity index (χ1n) is 2.92. The van der Waals surface area contributed by atoms with Gasteiger partial charge in [-0.05, 0) is 27.1 Å². The van der Waals surface area contributed by atoms with E-state index in [0.717, 1.165) is 0 Å². The molecule has 0 rings (SSSR count). The number of rotatable bonds is 3. The molecule has 0 unspecified atom stereocenters. The molecule has 0 aliphatic carbocycles. The van der Waals surface area contributed by atoms with Gasteiger partial charge in [0.25, 0.3) is 0 Å². The summed E-state index contributed by atoms with van der Waals surface area (Å²) >= 11 is 0. The third kappa shape index (κ3) is 9.35. The Bertz CT molecular complexity index is 33.4. The highest BCUT2D eigenvalue weighted by Gasteiger charge is 1.83. The van der Waals surface area contributed by atoms with Crippen molar-refractivity contribution in [3.05, 3.63) is 0 Å². The van der Waals surface area contributed by atoms with Crippen molar-refractivity contribution in [1.29, 1.82) is 0 Å². The van der Waals surface area contributed by atoms with Crippen LogP contribution in [0.5, 0.6) is 0 Å². The van der Waals surface area contributed by atoms with E-state index in [9.17, 15) is 0 Å². The number of unbranched alkanes of at least 4 members (excludes halogenated alkanes) is 1. The fourth-order valence-electron chi connectivity index (χ4n) is 0.474. The van der Waals surface area contributed by atoms with Gasteiger partial charge in [0.15, 0.2) is 0 Å². The lowest BCUT2D eigenvalue weighted by molar-refractivity contribution is 0.398. The second-order valence-electron chi connectivity index (χ2n) is 2.16. The predicted molar refractivity (Wildman–Crippen MR) is 40.2 cm³/mol.